The molecule has 5 nitrogen and oxygen atoms in total. The van der Waals surface area contributed by atoms with Crippen LogP contribution < -0.4 is 0 Å². The number of fused-ring (bicyclic) bond motifs is 1. The van der Waals surface area contributed by atoms with E-state index in [-0.39, 0.29) is 17.9 Å². The molecule has 3 rings (SSSR count). The van der Waals surface area contributed by atoms with Gasteiger partial charge in [0.05, 0.1) is 12.6 Å². The third-order valence-corrected chi connectivity index (χ3v) is 5.32. The predicted molar refractivity (Wildman–Crippen MR) is 82.0 cm³/mol. The fraction of sp³-hybridized carbons (Fsp3) is 0.733. The number of thiazole rings is 1. The van der Waals surface area contributed by atoms with Gasteiger partial charge in [0.25, 0.3) is 0 Å². The highest BCUT2D eigenvalue weighted by Gasteiger charge is 2.42. The van der Waals surface area contributed by atoms with Crippen molar-refractivity contribution in [2.45, 2.75) is 25.5 Å². The third-order valence-electron chi connectivity index (χ3n) is 4.55. The molecule has 0 aromatic carbocycles. The molecule has 0 saturated carbocycles. The summed E-state index contributed by atoms with van der Waals surface area (Å²) in [6.45, 7) is 3.58. The van der Waals surface area contributed by atoms with Gasteiger partial charge in [-0.3, -0.25) is 9.69 Å². The minimum atomic E-state index is 0.109. The van der Waals surface area contributed by atoms with Crippen LogP contribution in [0.15, 0.2) is 11.6 Å². The number of likely N-dealkylation sites (tertiary alicyclic amines) is 1. The second kappa shape index (κ2) is 6.42. The van der Waals surface area contributed by atoms with Gasteiger partial charge in [0.1, 0.15) is 5.01 Å². The first-order valence-corrected chi connectivity index (χ1v) is 8.46. The molecule has 3 heterocycles. The van der Waals surface area contributed by atoms with Crippen molar-refractivity contribution >= 4 is 17.2 Å². The van der Waals surface area contributed by atoms with Crippen LogP contribution in [-0.4, -0.2) is 60.6 Å². The molecule has 3 atom stereocenters. The molecule has 0 aliphatic carbocycles. The van der Waals surface area contributed by atoms with Gasteiger partial charge in [-0.05, 0) is 12.8 Å². The first-order chi connectivity index (χ1) is 10.1. The highest BCUT2D eigenvalue weighted by Crippen LogP contribution is 2.34. The summed E-state index contributed by atoms with van der Waals surface area (Å²) in [6.07, 6.45) is 3.98. The van der Waals surface area contributed by atoms with Crippen molar-refractivity contribution < 1.29 is 9.53 Å². The van der Waals surface area contributed by atoms with Gasteiger partial charge in [0, 0.05) is 57.2 Å². The average Bonchev–Trinajstić information content (AvgIpc) is 2.98. The number of hydrogen-bond donors (Lipinski definition) is 0. The second-order valence-electron chi connectivity index (χ2n) is 6.15. The normalized spacial score (nSPS) is 29.9. The lowest BCUT2D eigenvalue weighted by molar-refractivity contribution is -0.149. The van der Waals surface area contributed by atoms with E-state index in [4.69, 9.17) is 4.74 Å². The van der Waals surface area contributed by atoms with Gasteiger partial charge in [-0.25, -0.2) is 4.98 Å². The van der Waals surface area contributed by atoms with Crippen molar-refractivity contribution in [1.82, 2.24) is 14.8 Å². The lowest BCUT2D eigenvalue weighted by Crippen LogP contribution is -2.52. The Morgan fingerprint density at radius 1 is 1.52 bits per heavy atom. The van der Waals surface area contributed by atoms with Gasteiger partial charge in [-0.15, -0.1) is 11.3 Å². The molecule has 1 aromatic rings. The van der Waals surface area contributed by atoms with E-state index in [9.17, 15) is 4.79 Å². The van der Waals surface area contributed by atoms with Gasteiger partial charge in [-0.1, -0.05) is 0 Å². The fourth-order valence-corrected chi connectivity index (χ4v) is 4.15. The summed E-state index contributed by atoms with van der Waals surface area (Å²) in [5.74, 6) is 0.685. The minimum absolute atomic E-state index is 0.109. The number of carbonyl (C=O) groups is 1. The second-order valence-corrected chi connectivity index (χ2v) is 7.13. The number of ether oxygens (including phenoxy) is 1. The summed E-state index contributed by atoms with van der Waals surface area (Å²) in [5, 5.41) is 3.17. The number of hydrogen-bond acceptors (Lipinski definition) is 5. The van der Waals surface area contributed by atoms with Crippen LogP contribution in [0, 0.1) is 11.8 Å². The molecule has 6 heteroatoms. The van der Waals surface area contributed by atoms with Crippen LogP contribution in [0.25, 0.3) is 0 Å². The zero-order chi connectivity index (χ0) is 14.8. The van der Waals surface area contributed by atoms with Crippen LogP contribution in [0.2, 0.25) is 0 Å². The summed E-state index contributed by atoms with van der Waals surface area (Å²) in [5.41, 5.74) is 0. The van der Waals surface area contributed by atoms with Crippen LogP contribution in [0.5, 0.6) is 0 Å². The molecule has 116 valence electrons. The van der Waals surface area contributed by atoms with Crippen molar-refractivity contribution in [3.05, 3.63) is 16.6 Å². The van der Waals surface area contributed by atoms with Gasteiger partial charge >= 0.3 is 0 Å². The van der Waals surface area contributed by atoms with Crippen LogP contribution in [0.1, 0.15) is 17.8 Å². The highest BCUT2D eigenvalue weighted by molar-refractivity contribution is 7.09. The molecule has 1 amide bonds. The molecule has 0 unspecified atom stereocenters. The molecule has 1 aromatic heterocycles. The number of nitrogens with zero attached hydrogens (tertiary/aromatic N) is 3. The average molecular weight is 309 g/mol. The number of carbonyl (C=O) groups excluding carboxylic acids is 1. The van der Waals surface area contributed by atoms with E-state index in [0.29, 0.717) is 5.92 Å². The van der Waals surface area contributed by atoms with E-state index in [0.717, 1.165) is 44.1 Å². The van der Waals surface area contributed by atoms with Crippen LogP contribution >= 0.6 is 11.3 Å². The molecular formula is C15H23N3O2S. The Morgan fingerprint density at radius 3 is 3.10 bits per heavy atom. The van der Waals surface area contributed by atoms with E-state index in [1.807, 2.05) is 25.7 Å². The predicted octanol–water partition coefficient (Wildman–Crippen LogP) is 1.46. The fourth-order valence-electron chi connectivity index (χ4n) is 3.49. The number of piperidine rings is 1. The van der Waals surface area contributed by atoms with Crippen molar-refractivity contribution in [3.8, 4) is 0 Å². The summed E-state index contributed by atoms with van der Waals surface area (Å²) >= 11 is 1.70. The largest absolute Gasteiger partial charge is 0.378 e. The van der Waals surface area contributed by atoms with E-state index >= 15 is 0 Å². The molecule has 2 aliphatic rings. The quantitative estimate of drug-likeness (QED) is 0.848. The molecule has 2 saturated heterocycles. The Bertz CT molecular complexity index is 477. The zero-order valence-electron chi connectivity index (χ0n) is 12.7. The van der Waals surface area contributed by atoms with Crippen LogP contribution in [0.4, 0.5) is 0 Å². The molecule has 0 N–H and O–H groups in total. The molecule has 2 fully saturated rings. The Hall–Kier alpha value is -0.980. The van der Waals surface area contributed by atoms with Crippen LogP contribution in [-0.2, 0) is 16.1 Å². The molecule has 21 heavy (non-hydrogen) atoms. The third kappa shape index (κ3) is 3.27. The van der Waals surface area contributed by atoms with Gasteiger partial charge < -0.3 is 9.64 Å². The lowest BCUT2D eigenvalue weighted by Gasteiger charge is -2.44. The maximum Gasteiger partial charge on any atom is 0.225 e. The molecule has 0 radical (unpaired) electrons. The molecule has 0 spiro atoms. The van der Waals surface area contributed by atoms with Crippen molar-refractivity contribution in [2.75, 3.05) is 33.8 Å². The number of rotatable bonds is 3. The Balaban J connectivity index is 1.68. The van der Waals surface area contributed by atoms with E-state index in [1.165, 1.54) is 0 Å². The maximum absolute atomic E-state index is 12.4. The van der Waals surface area contributed by atoms with Crippen LogP contribution in [0.3, 0.4) is 0 Å². The van der Waals surface area contributed by atoms with Crippen molar-refractivity contribution in [1.29, 1.82) is 0 Å². The topological polar surface area (TPSA) is 45.7 Å². The molecule has 2 aliphatic heterocycles. The van der Waals surface area contributed by atoms with E-state index in [2.05, 4.69) is 9.88 Å². The minimum Gasteiger partial charge on any atom is -0.378 e. The Labute approximate surface area is 129 Å². The first kappa shape index (κ1) is 14.9. The van der Waals surface area contributed by atoms with E-state index in [1.54, 1.807) is 16.2 Å². The summed E-state index contributed by atoms with van der Waals surface area (Å²) < 4.78 is 5.92. The maximum atomic E-state index is 12.4. The Kier molecular flexibility index (Phi) is 4.57. The van der Waals surface area contributed by atoms with Crippen molar-refractivity contribution in [2.24, 2.45) is 11.8 Å². The van der Waals surface area contributed by atoms with Gasteiger partial charge in [0.2, 0.25) is 5.91 Å². The smallest absolute Gasteiger partial charge is 0.225 e. The number of aromatic nitrogens is 1. The zero-order valence-corrected chi connectivity index (χ0v) is 13.5. The summed E-state index contributed by atoms with van der Waals surface area (Å²) in [6, 6.07) is 0. The monoisotopic (exact) mass is 309 g/mol. The standard InChI is InChI=1S/C15H23N3O2S/c1-17(2)15(19)11-4-7-20-13-3-6-18(9-12(11)13)10-14-16-5-8-21-14/h5,8,11-13H,3-4,6-7,9-10H2,1-2H3/t11-,12+,13-/m0/s1. The first-order valence-electron chi connectivity index (χ1n) is 7.58. The van der Waals surface area contributed by atoms with Gasteiger partial charge in [0.15, 0.2) is 0 Å². The number of amides is 1. The SMILES string of the molecule is CN(C)C(=O)[C@H]1CCO[C@H]2CCN(Cc3nccs3)C[C@@H]21. The van der Waals surface area contributed by atoms with Gasteiger partial charge in [-0.2, -0.15) is 0 Å². The molecule has 0 bridgehead atoms. The summed E-state index contributed by atoms with van der Waals surface area (Å²) in [7, 11) is 3.70. The summed E-state index contributed by atoms with van der Waals surface area (Å²) in [4.78, 5) is 20.9. The lowest BCUT2D eigenvalue weighted by atomic mass is 9.79. The van der Waals surface area contributed by atoms with E-state index < -0.39 is 0 Å². The Morgan fingerprint density at radius 2 is 2.38 bits per heavy atom. The molecular weight excluding hydrogens is 286 g/mol. The van der Waals surface area contributed by atoms with Crippen molar-refractivity contribution in [3.63, 3.8) is 0 Å². The highest BCUT2D eigenvalue weighted by atomic mass is 32.1.